The highest BCUT2D eigenvalue weighted by Crippen LogP contribution is 2.28. The van der Waals surface area contributed by atoms with Gasteiger partial charge in [0.2, 0.25) is 5.91 Å². The van der Waals surface area contributed by atoms with Crippen molar-refractivity contribution in [2.24, 2.45) is 5.92 Å². The molecule has 0 aromatic heterocycles. The lowest BCUT2D eigenvalue weighted by Crippen LogP contribution is -2.37. The maximum atomic E-state index is 11.3. The molecule has 15 heavy (non-hydrogen) atoms. The summed E-state index contributed by atoms with van der Waals surface area (Å²) in [5, 5.41) is 14.7. The van der Waals surface area contributed by atoms with Crippen molar-refractivity contribution in [1.29, 1.82) is 5.26 Å². The minimum absolute atomic E-state index is 0.185. The number of hydrogen-bond acceptors (Lipinski definition) is 3. The molecule has 0 aromatic carbocycles. The van der Waals surface area contributed by atoms with Crippen molar-refractivity contribution >= 4 is 5.91 Å². The van der Waals surface area contributed by atoms with Gasteiger partial charge in [0.05, 0.1) is 12.5 Å². The topological polar surface area (TPSA) is 64.9 Å². The van der Waals surface area contributed by atoms with Crippen molar-refractivity contribution in [2.75, 3.05) is 13.1 Å². The fourth-order valence-corrected chi connectivity index (χ4v) is 1.42. The van der Waals surface area contributed by atoms with Gasteiger partial charge in [-0.15, -0.1) is 0 Å². The van der Waals surface area contributed by atoms with Crippen molar-refractivity contribution < 1.29 is 4.79 Å². The van der Waals surface area contributed by atoms with E-state index in [1.54, 1.807) is 0 Å². The quantitative estimate of drug-likeness (QED) is 0.609. The Morgan fingerprint density at radius 1 is 1.53 bits per heavy atom. The first-order valence-electron chi connectivity index (χ1n) is 5.66. The summed E-state index contributed by atoms with van der Waals surface area (Å²) in [5.41, 5.74) is 0. The van der Waals surface area contributed by atoms with E-state index in [1.165, 1.54) is 0 Å². The first-order chi connectivity index (χ1) is 7.27. The van der Waals surface area contributed by atoms with E-state index in [4.69, 9.17) is 5.26 Å². The molecular formula is C11H19N3O. The molecule has 0 spiro atoms. The Morgan fingerprint density at radius 2 is 2.27 bits per heavy atom. The molecule has 0 radical (unpaired) electrons. The van der Waals surface area contributed by atoms with Crippen LogP contribution in [0.2, 0.25) is 0 Å². The molecule has 1 rings (SSSR count). The van der Waals surface area contributed by atoms with Gasteiger partial charge < -0.3 is 10.6 Å². The first kappa shape index (κ1) is 12.0. The summed E-state index contributed by atoms with van der Waals surface area (Å²) in [6.45, 7) is 3.47. The lowest BCUT2D eigenvalue weighted by Gasteiger charge is -2.13. The number of rotatable bonds is 7. The summed E-state index contributed by atoms with van der Waals surface area (Å²) < 4.78 is 0. The molecule has 1 atom stereocenters. The molecule has 4 heteroatoms. The summed E-state index contributed by atoms with van der Waals surface area (Å²) in [7, 11) is 0. The van der Waals surface area contributed by atoms with Gasteiger partial charge in [-0.05, 0) is 19.3 Å². The van der Waals surface area contributed by atoms with E-state index in [-0.39, 0.29) is 17.9 Å². The van der Waals surface area contributed by atoms with E-state index >= 15 is 0 Å². The van der Waals surface area contributed by atoms with Crippen molar-refractivity contribution in [3.63, 3.8) is 0 Å². The number of amides is 1. The van der Waals surface area contributed by atoms with Crippen molar-refractivity contribution in [3.8, 4) is 6.07 Å². The molecule has 1 aliphatic rings. The Morgan fingerprint density at radius 3 is 2.80 bits per heavy atom. The highest BCUT2D eigenvalue weighted by Gasteiger charge is 2.28. The maximum Gasteiger partial charge on any atom is 0.223 e. The molecule has 84 valence electrons. The summed E-state index contributed by atoms with van der Waals surface area (Å²) in [4.78, 5) is 11.3. The van der Waals surface area contributed by atoms with E-state index in [0.29, 0.717) is 13.0 Å². The van der Waals surface area contributed by atoms with Gasteiger partial charge in [-0.1, -0.05) is 6.92 Å². The Bertz CT molecular complexity index is 243. The monoisotopic (exact) mass is 209 g/mol. The number of nitrogens with one attached hydrogen (secondary N) is 2. The minimum Gasteiger partial charge on any atom is -0.355 e. The van der Waals surface area contributed by atoms with Crippen LogP contribution < -0.4 is 10.6 Å². The standard InChI is InChI=1S/C11H19N3O/c1-2-10(5-6-12)13-7-8-14-11(15)9-3-4-9/h9-10,13H,2-5,7-8H2,1H3,(H,14,15). The maximum absolute atomic E-state index is 11.3. The van der Waals surface area contributed by atoms with E-state index in [2.05, 4.69) is 23.6 Å². The van der Waals surface area contributed by atoms with E-state index in [0.717, 1.165) is 25.8 Å². The van der Waals surface area contributed by atoms with E-state index in [9.17, 15) is 4.79 Å². The van der Waals surface area contributed by atoms with Gasteiger partial charge in [0, 0.05) is 25.0 Å². The van der Waals surface area contributed by atoms with Gasteiger partial charge in [-0.3, -0.25) is 4.79 Å². The van der Waals surface area contributed by atoms with Crippen LogP contribution in [0.4, 0.5) is 0 Å². The predicted molar refractivity (Wildman–Crippen MR) is 58.0 cm³/mol. The van der Waals surface area contributed by atoms with Crippen LogP contribution in [0.1, 0.15) is 32.6 Å². The highest BCUT2D eigenvalue weighted by molar-refractivity contribution is 5.80. The van der Waals surface area contributed by atoms with E-state index < -0.39 is 0 Å². The van der Waals surface area contributed by atoms with Crippen LogP contribution >= 0.6 is 0 Å². The van der Waals surface area contributed by atoms with Gasteiger partial charge in [0.25, 0.3) is 0 Å². The summed E-state index contributed by atoms with van der Waals surface area (Å²) in [6.07, 6.45) is 3.58. The molecule has 1 saturated carbocycles. The largest absolute Gasteiger partial charge is 0.355 e. The Hall–Kier alpha value is -1.08. The van der Waals surface area contributed by atoms with Crippen LogP contribution in [0.3, 0.4) is 0 Å². The molecule has 2 N–H and O–H groups in total. The Balaban J connectivity index is 1.99. The molecule has 1 amide bonds. The van der Waals surface area contributed by atoms with Crippen LogP contribution in [0, 0.1) is 17.2 Å². The summed E-state index contributed by atoms with van der Waals surface area (Å²) in [6, 6.07) is 2.40. The minimum atomic E-state index is 0.185. The van der Waals surface area contributed by atoms with Gasteiger partial charge >= 0.3 is 0 Å². The number of carbonyl (C=O) groups excluding carboxylic acids is 1. The Kier molecular flexibility index (Phi) is 5.13. The second-order valence-electron chi connectivity index (χ2n) is 3.99. The lowest BCUT2D eigenvalue weighted by molar-refractivity contribution is -0.122. The van der Waals surface area contributed by atoms with Crippen LogP contribution in [-0.2, 0) is 4.79 Å². The van der Waals surface area contributed by atoms with Crippen LogP contribution in [-0.4, -0.2) is 25.0 Å². The highest BCUT2D eigenvalue weighted by atomic mass is 16.2. The SMILES string of the molecule is CCC(CC#N)NCCNC(=O)C1CC1. The van der Waals surface area contributed by atoms with Crippen molar-refractivity contribution in [2.45, 2.75) is 38.6 Å². The zero-order valence-corrected chi connectivity index (χ0v) is 9.25. The molecule has 4 nitrogen and oxygen atoms in total. The lowest BCUT2D eigenvalue weighted by atomic mass is 10.2. The second-order valence-corrected chi connectivity index (χ2v) is 3.99. The number of nitrogens with zero attached hydrogens (tertiary/aromatic N) is 1. The summed E-state index contributed by atoms with van der Waals surface area (Å²) >= 11 is 0. The fourth-order valence-electron chi connectivity index (χ4n) is 1.42. The Labute approximate surface area is 91.0 Å². The molecule has 0 aromatic rings. The van der Waals surface area contributed by atoms with E-state index in [1.807, 2.05) is 0 Å². The fraction of sp³-hybridized carbons (Fsp3) is 0.818. The number of nitriles is 1. The van der Waals surface area contributed by atoms with Crippen LogP contribution in [0.25, 0.3) is 0 Å². The molecule has 0 saturated heterocycles. The predicted octanol–water partition coefficient (Wildman–Crippen LogP) is 0.794. The molecule has 0 heterocycles. The van der Waals surface area contributed by atoms with Gasteiger partial charge in [0.15, 0.2) is 0 Å². The molecular weight excluding hydrogens is 190 g/mol. The second kappa shape index (κ2) is 6.41. The third-order valence-electron chi connectivity index (χ3n) is 2.64. The van der Waals surface area contributed by atoms with Crippen LogP contribution in [0.5, 0.6) is 0 Å². The smallest absolute Gasteiger partial charge is 0.223 e. The average molecular weight is 209 g/mol. The molecule has 1 aliphatic carbocycles. The zero-order valence-electron chi connectivity index (χ0n) is 9.25. The van der Waals surface area contributed by atoms with Gasteiger partial charge in [-0.2, -0.15) is 5.26 Å². The van der Waals surface area contributed by atoms with Gasteiger partial charge in [0.1, 0.15) is 0 Å². The molecule has 0 aliphatic heterocycles. The first-order valence-corrected chi connectivity index (χ1v) is 5.66. The van der Waals surface area contributed by atoms with Crippen molar-refractivity contribution in [1.82, 2.24) is 10.6 Å². The number of carbonyl (C=O) groups is 1. The summed E-state index contributed by atoms with van der Waals surface area (Å²) in [5.74, 6) is 0.469. The molecule has 0 bridgehead atoms. The molecule has 1 unspecified atom stereocenters. The normalized spacial score (nSPS) is 16.8. The average Bonchev–Trinajstić information content (AvgIpc) is 3.05. The third-order valence-corrected chi connectivity index (χ3v) is 2.64. The molecule has 1 fully saturated rings. The number of hydrogen-bond donors (Lipinski definition) is 2. The van der Waals surface area contributed by atoms with Crippen molar-refractivity contribution in [3.05, 3.63) is 0 Å². The third kappa shape index (κ3) is 4.80. The van der Waals surface area contributed by atoms with Gasteiger partial charge in [-0.25, -0.2) is 0 Å². The van der Waals surface area contributed by atoms with Crippen LogP contribution in [0.15, 0.2) is 0 Å². The zero-order chi connectivity index (χ0) is 11.1.